The number of nitrogens with zero attached hydrogens (tertiary/aromatic N) is 4. The summed E-state index contributed by atoms with van der Waals surface area (Å²) in [5.74, 6) is -1.05. The molecular weight excluding hydrogens is 415 g/mol. The molecule has 3 N–H and O–H groups in total. The average molecular weight is 445 g/mol. The largest absolute Gasteiger partial charge is 0.481 e. The van der Waals surface area contributed by atoms with Crippen LogP contribution in [0.1, 0.15) is 45.6 Å². The number of ether oxygens (including phenoxy) is 1. The maximum atomic E-state index is 14.6. The van der Waals surface area contributed by atoms with Gasteiger partial charge in [0.1, 0.15) is 11.5 Å². The molecule has 0 bridgehead atoms. The number of benzene rings is 1. The summed E-state index contributed by atoms with van der Waals surface area (Å²) >= 11 is 0. The zero-order valence-corrected chi connectivity index (χ0v) is 18.8. The number of hydrogen-bond donors (Lipinski definition) is 2. The van der Waals surface area contributed by atoms with Gasteiger partial charge in [-0.3, -0.25) is 19.5 Å². The van der Waals surface area contributed by atoms with Crippen molar-refractivity contribution in [2.75, 3.05) is 19.0 Å². The molecule has 0 aromatic heterocycles. The van der Waals surface area contributed by atoms with Crippen LogP contribution in [-0.2, 0) is 19.9 Å². The Hall–Kier alpha value is -3.56. The van der Waals surface area contributed by atoms with Crippen molar-refractivity contribution >= 4 is 36.1 Å². The first-order chi connectivity index (χ1) is 15.1. The minimum absolute atomic E-state index is 0.00643. The van der Waals surface area contributed by atoms with Gasteiger partial charge in [-0.05, 0) is 38.3 Å². The number of nitrogens with one attached hydrogen (secondary N) is 1. The third-order valence-electron chi connectivity index (χ3n) is 4.96. The van der Waals surface area contributed by atoms with Gasteiger partial charge >= 0.3 is 0 Å². The van der Waals surface area contributed by atoms with E-state index in [9.17, 15) is 14.0 Å². The Labute approximate surface area is 187 Å². The summed E-state index contributed by atoms with van der Waals surface area (Å²) < 4.78 is 20.1. The van der Waals surface area contributed by atoms with E-state index in [0.29, 0.717) is 18.2 Å². The van der Waals surface area contributed by atoms with E-state index in [2.05, 4.69) is 27.0 Å². The molecule has 0 aliphatic carbocycles. The summed E-state index contributed by atoms with van der Waals surface area (Å²) in [5, 5.41) is 2.63. The molecule has 1 aromatic carbocycles. The van der Waals surface area contributed by atoms with Gasteiger partial charge in [-0.1, -0.05) is 13.3 Å². The minimum atomic E-state index is -1.20. The lowest BCUT2D eigenvalue weighted by molar-refractivity contribution is -0.128. The molecule has 1 unspecified atom stereocenters. The van der Waals surface area contributed by atoms with Crippen LogP contribution in [0.4, 0.5) is 10.1 Å². The predicted octanol–water partition coefficient (Wildman–Crippen LogP) is 2.93. The fourth-order valence-corrected chi connectivity index (χ4v) is 3.00. The number of aliphatic imine (C=N–C) groups is 3. The topological polar surface area (TPSA) is 122 Å². The highest BCUT2D eigenvalue weighted by atomic mass is 19.1. The third kappa shape index (κ3) is 5.99. The van der Waals surface area contributed by atoms with Crippen molar-refractivity contribution in [1.29, 1.82) is 0 Å². The minimum Gasteiger partial charge on any atom is -0.481 e. The number of hydrogen-bond acceptors (Lipinski definition) is 7. The second kappa shape index (κ2) is 10.7. The van der Waals surface area contributed by atoms with Gasteiger partial charge in [-0.25, -0.2) is 14.4 Å². The number of anilines is 1. The van der Waals surface area contributed by atoms with Crippen molar-refractivity contribution in [3.63, 3.8) is 0 Å². The van der Waals surface area contributed by atoms with Crippen molar-refractivity contribution in [1.82, 2.24) is 4.90 Å². The van der Waals surface area contributed by atoms with E-state index in [0.717, 1.165) is 12.8 Å². The molecule has 0 saturated heterocycles. The number of carbonyl (C=O) groups excluding carboxylic acids is 2. The Kier molecular flexibility index (Phi) is 8.22. The van der Waals surface area contributed by atoms with Gasteiger partial charge in [0, 0.05) is 25.2 Å². The molecule has 32 heavy (non-hydrogen) atoms. The van der Waals surface area contributed by atoms with Gasteiger partial charge in [0.15, 0.2) is 11.9 Å². The molecule has 0 saturated carbocycles. The molecule has 2 amide bonds. The Morgan fingerprint density at radius 2 is 2.22 bits per heavy atom. The number of carbonyl (C=O) groups is 2. The smallest absolute Gasteiger partial charge is 0.275 e. The van der Waals surface area contributed by atoms with E-state index < -0.39 is 17.3 Å². The zero-order chi connectivity index (χ0) is 23.9. The highest BCUT2D eigenvalue weighted by Gasteiger charge is 2.38. The van der Waals surface area contributed by atoms with Crippen LogP contribution in [0.2, 0.25) is 0 Å². The number of nitrogens with two attached hydrogens (primary N) is 1. The van der Waals surface area contributed by atoms with Crippen LogP contribution in [0.25, 0.3) is 0 Å². The Morgan fingerprint density at radius 3 is 2.84 bits per heavy atom. The second-order valence-electron chi connectivity index (χ2n) is 7.54. The second-order valence-corrected chi connectivity index (χ2v) is 7.54. The fraction of sp³-hybridized carbons (Fsp3) is 0.409. The number of rotatable bonds is 8. The standard InChI is InChI=1S/C22H29FN6O3/c1-6-7-10-32-14(2)26-13-18(25-4)20(31)27-15-8-9-17(23)16(11-15)22(3)12-19(30)29(5)21(24)28-22/h8-9,11,13H,4,6-7,10,12H2,1-3,5H3,(H2,24,28)(H,27,31)/b18-13-,26-14?. The lowest BCUT2D eigenvalue weighted by atomic mass is 9.87. The summed E-state index contributed by atoms with van der Waals surface area (Å²) in [6, 6.07) is 4.01. The monoisotopic (exact) mass is 444 g/mol. The van der Waals surface area contributed by atoms with Crippen LogP contribution in [0.15, 0.2) is 45.1 Å². The highest BCUT2D eigenvalue weighted by molar-refractivity contribution is 6.04. The summed E-state index contributed by atoms with van der Waals surface area (Å²) in [6.45, 7) is 9.26. The first kappa shape index (κ1) is 24.7. The molecule has 1 aromatic rings. The summed E-state index contributed by atoms with van der Waals surface area (Å²) in [5.41, 5.74) is 5.00. The molecule has 1 atom stereocenters. The number of guanidine groups is 1. The molecule has 1 aliphatic heterocycles. The first-order valence-corrected chi connectivity index (χ1v) is 10.2. The van der Waals surface area contributed by atoms with Crippen molar-refractivity contribution in [2.45, 2.75) is 45.6 Å². The van der Waals surface area contributed by atoms with Crippen molar-refractivity contribution in [3.05, 3.63) is 41.5 Å². The Balaban J connectivity index is 2.24. The first-order valence-electron chi connectivity index (χ1n) is 10.2. The van der Waals surface area contributed by atoms with E-state index in [1.807, 2.05) is 6.92 Å². The van der Waals surface area contributed by atoms with Gasteiger partial charge < -0.3 is 15.8 Å². The molecular formula is C22H29FN6O3. The van der Waals surface area contributed by atoms with Gasteiger partial charge in [-0.2, -0.15) is 0 Å². The van der Waals surface area contributed by atoms with Crippen molar-refractivity contribution < 1.29 is 18.7 Å². The number of halogens is 1. The maximum Gasteiger partial charge on any atom is 0.275 e. The fourth-order valence-electron chi connectivity index (χ4n) is 3.00. The lowest BCUT2D eigenvalue weighted by Gasteiger charge is -2.34. The van der Waals surface area contributed by atoms with Gasteiger partial charge in [0.2, 0.25) is 5.91 Å². The molecule has 10 heteroatoms. The molecule has 172 valence electrons. The van der Waals surface area contributed by atoms with Crippen LogP contribution < -0.4 is 11.1 Å². The Morgan fingerprint density at radius 1 is 1.50 bits per heavy atom. The normalized spacial score (nSPS) is 19.5. The molecule has 1 aliphatic rings. The van der Waals surface area contributed by atoms with Crippen LogP contribution >= 0.6 is 0 Å². The van der Waals surface area contributed by atoms with Crippen molar-refractivity contribution in [2.24, 2.45) is 20.7 Å². The lowest BCUT2D eigenvalue weighted by Crippen LogP contribution is -2.47. The van der Waals surface area contributed by atoms with Crippen molar-refractivity contribution in [3.8, 4) is 0 Å². The number of unbranched alkanes of at least 4 members (excludes halogenated alkanes) is 1. The van der Waals surface area contributed by atoms with E-state index in [-0.39, 0.29) is 29.5 Å². The van der Waals surface area contributed by atoms with E-state index in [4.69, 9.17) is 10.5 Å². The molecule has 0 fully saturated rings. The summed E-state index contributed by atoms with van der Waals surface area (Å²) in [6.07, 6.45) is 3.07. The Bertz CT molecular complexity index is 988. The highest BCUT2D eigenvalue weighted by Crippen LogP contribution is 2.35. The molecule has 2 rings (SSSR count). The maximum absolute atomic E-state index is 14.6. The summed E-state index contributed by atoms with van der Waals surface area (Å²) in [4.78, 5) is 38.1. The average Bonchev–Trinajstić information content (AvgIpc) is 2.74. The zero-order valence-electron chi connectivity index (χ0n) is 18.8. The third-order valence-corrected chi connectivity index (χ3v) is 4.96. The summed E-state index contributed by atoms with van der Waals surface area (Å²) in [7, 11) is 1.50. The van der Waals surface area contributed by atoms with Crippen LogP contribution in [0.3, 0.4) is 0 Å². The predicted molar refractivity (Wildman–Crippen MR) is 123 cm³/mol. The SMILES string of the molecule is C=N/C(=C\N=C(C)OCCCC)C(=O)Nc1ccc(F)c(C2(C)CC(=O)N(C)C(N)=N2)c1. The number of amides is 2. The van der Waals surface area contributed by atoms with E-state index in [1.165, 1.54) is 36.3 Å². The van der Waals surface area contributed by atoms with Crippen LogP contribution in [-0.4, -0.2) is 48.9 Å². The van der Waals surface area contributed by atoms with Crippen LogP contribution in [0, 0.1) is 5.82 Å². The molecule has 9 nitrogen and oxygen atoms in total. The molecule has 1 heterocycles. The van der Waals surface area contributed by atoms with Gasteiger partial charge in [-0.15, -0.1) is 0 Å². The van der Waals surface area contributed by atoms with Crippen LogP contribution in [0.5, 0.6) is 0 Å². The molecule has 0 radical (unpaired) electrons. The quantitative estimate of drug-likeness (QED) is 0.277. The van der Waals surface area contributed by atoms with Gasteiger partial charge in [0.25, 0.3) is 5.91 Å². The van der Waals surface area contributed by atoms with E-state index in [1.54, 1.807) is 13.8 Å². The van der Waals surface area contributed by atoms with E-state index >= 15 is 0 Å². The van der Waals surface area contributed by atoms with Gasteiger partial charge in [0.05, 0.1) is 24.8 Å². The molecule has 0 spiro atoms.